The van der Waals surface area contributed by atoms with Crippen molar-refractivity contribution in [3.63, 3.8) is 0 Å². The summed E-state index contributed by atoms with van der Waals surface area (Å²) in [5.74, 6) is 1.39. The number of likely N-dealkylation sites (tertiary alicyclic amines) is 1. The second-order valence-corrected chi connectivity index (χ2v) is 5.48. The Bertz CT molecular complexity index is 205. The Labute approximate surface area is 85.7 Å². The first kappa shape index (κ1) is 10.4. The second-order valence-electron chi connectivity index (χ2n) is 5.48. The minimum atomic E-state index is -0.449. The van der Waals surface area contributed by atoms with Gasteiger partial charge >= 0.3 is 0 Å². The van der Waals surface area contributed by atoms with Gasteiger partial charge in [-0.2, -0.15) is 0 Å². The number of β-amino-alcohol motifs (C(OH)–C–C–N with tert-alkyl or cyclic N) is 2. The van der Waals surface area contributed by atoms with Crippen LogP contribution in [-0.2, 0) is 0 Å². The summed E-state index contributed by atoms with van der Waals surface area (Å²) in [5, 5.41) is 19.3. The van der Waals surface area contributed by atoms with Gasteiger partial charge in [0.1, 0.15) is 0 Å². The molecule has 0 aromatic carbocycles. The monoisotopic (exact) mass is 199 g/mol. The van der Waals surface area contributed by atoms with Gasteiger partial charge in [0.15, 0.2) is 0 Å². The molecule has 2 aliphatic rings. The molecule has 14 heavy (non-hydrogen) atoms. The molecule has 0 aromatic rings. The lowest BCUT2D eigenvalue weighted by atomic mass is 9.66. The summed E-state index contributed by atoms with van der Waals surface area (Å²) in [6.07, 6.45) is 1.73. The Morgan fingerprint density at radius 3 is 2.36 bits per heavy atom. The molecule has 3 heteroatoms. The number of hydrogen-bond acceptors (Lipinski definition) is 3. The van der Waals surface area contributed by atoms with Crippen molar-refractivity contribution in [3.8, 4) is 0 Å². The number of aliphatic hydroxyl groups excluding tert-OH is 1. The molecule has 0 radical (unpaired) electrons. The normalized spacial score (nSPS) is 39.6. The molecule has 0 spiro atoms. The van der Waals surface area contributed by atoms with E-state index in [-0.39, 0.29) is 6.10 Å². The first-order valence-corrected chi connectivity index (χ1v) is 5.61. The maximum absolute atomic E-state index is 10.1. The van der Waals surface area contributed by atoms with Crippen LogP contribution in [0.2, 0.25) is 0 Å². The third-order valence-corrected chi connectivity index (χ3v) is 3.68. The van der Waals surface area contributed by atoms with E-state index in [1.165, 1.54) is 0 Å². The van der Waals surface area contributed by atoms with E-state index in [9.17, 15) is 5.11 Å². The molecular weight excluding hydrogens is 178 g/mol. The van der Waals surface area contributed by atoms with Crippen LogP contribution in [0, 0.1) is 11.8 Å². The molecule has 1 aliphatic carbocycles. The van der Waals surface area contributed by atoms with Gasteiger partial charge in [-0.05, 0) is 24.7 Å². The maximum atomic E-state index is 10.1. The second kappa shape index (κ2) is 3.47. The van der Waals surface area contributed by atoms with Gasteiger partial charge in [0, 0.05) is 19.6 Å². The quantitative estimate of drug-likeness (QED) is 0.694. The Balaban J connectivity index is 1.72. The standard InChI is InChI=1S/C11H21NO2/c1-8(2)9-3-11(14,4-9)7-12-5-10(13)6-12/h8-10,13-14H,3-7H2,1-2H3. The molecule has 2 rings (SSSR count). The molecule has 82 valence electrons. The predicted molar refractivity (Wildman–Crippen MR) is 55.0 cm³/mol. The van der Waals surface area contributed by atoms with Gasteiger partial charge in [-0.15, -0.1) is 0 Å². The van der Waals surface area contributed by atoms with Crippen LogP contribution >= 0.6 is 0 Å². The average Bonchev–Trinajstić information content (AvgIpc) is 1.96. The Hall–Kier alpha value is -0.120. The van der Waals surface area contributed by atoms with E-state index in [0.29, 0.717) is 11.8 Å². The highest BCUT2D eigenvalue weighted by atomic mass is 16.3. The summed E-state index contributed by atoms with van der Waals surface area (Å²) in [6, 6.07) is 0. The molecule has 2 fully saturated rings. The molecule has 0 atom stereocenters. The Morgan fingerprint density at radius 1 is 1.36 bits per heavy atom. The first-order valence-electron chi connectivity index (χ1n) is 5.61. The van der Waals surface area contributed by atoms with Gasteiger partial charge in [0.2, 0.25) is 0 Å². The third-order valence-electron chi connectivity index (χ3n) is 3.68. The zero-order valence-electron chi connectivity index (χ0n) is 9.11. The number of nitrogens with zero attached hydrogens (tertiary/aromatic N) is 1. The van der Waals surface area contributed by atoms with E-state index in [4.69, 9.17) is 5.11 Å². The van der Waals surface area contributed by atoms with Crippen LogP contribution in [0.15, 0.2) is 0 Å². The van der Waals surface area contributed by atoms with Crippen LogP contribution in [0.4, 0.5) is 0 Å². The molecule has 3 nitrogen and oxygen atoms in total. The summed E-state index contributed by atoms with van der Waals surface area (Å²) in [4.78, 5) is 2.14. The molecule has 0 unspecified atom stereocenters. The molecule has 2 N–H and O–H groups in total. The van der Waals surface area contributed by atoms with Gasteiger partial charge < -0.3 is 10.2 Å². The predicted octanol–water partition coefficient (Wildman–Crippen LogP) is 0.460. The van der Waals surface area contributed by atoms with Crippen molar-refractivity contribution >= 4 is 0 Å². The van der Waals surface area contributed by atoms with E-state index in [1.807, 2.05) is 0 Å². The topological polar surface area (TPSA) is 43.7 Å². The van der Waals surface area contributed by atoms with Crippen LogP contribution in [0.1, 0.15) is 26.7 Å². The van der Waals surface area contributed by atoms with Crippen LogP contribution in [-0.4, -0.2) is 46.5 Å². The summed E-state index contributed by atoms with van der Waals surface area (Å²) >= 11 is 0. The highest BCUT2D eigenvalue weighted by molar-refractivity contribution is 4.99. The smallest absolute Gasteiger partial charge is 0.0793 e. The minimum Gasteiger partial charge on any atom is -0.390 e. The first-order chi connectivity index (χ1) is 6.48. The van der Waals surface area contributed by atoms with Crippen molar-refractivity contribution in [1.29, 1.82) is 0 Å². The zero-order chi connectivity index (χ0) is 10.3. The highest BCUT2D eigenvalue weighted by Gasteiger charge is 2.45. The SMILES string of the molecule is CC(C)C1CC(O)(CN2CC(O)C2)C1. The van der Waals surface area contributed by atoms with Crippen LogP contribution in [0.25, 0.3) is 0 Å². The van der Waals surface area contributed by atoms with Crippen LogP contribution in [0.3, 0.4) is 0 Å². The number of rotatable bonds is 3. The summed E-state index contributed by atoms with van der Waals surface area (Å²) < 4.78 is 0. The van der Waals surface area contributed by atoms with Crippen LogP contribution in [0.5, 0.6) is 0 Å². The van der Waals surface area contributed by atoms with E-state index >= 15 is 0 Å². The Kier molecular flexibility index (Phi) is 2.58. The van der Waals surface area contributed by atoms with Crippen molar-refractivity contribution in [2.24, 2.45) is 11.8 Å². The number of aliphatic hydroxyl groups is 2. The highest BCUT2D eigenvalue weighted by Crippen LogP contribution is 2.42. The fourth-order valence-electron chi connectivity index (χ4n) is 2.60. The van der Waals surface area contributed by atoms with Gasteiger partial charge in [0.05, 0.1) is 11.7 Å². The molecule has 1 saturated carbocycles. The van der Waals surface area contributed by atoms with E-state index in [2.05, 4.69) is 18.7 Å². The lowest BCUT2D eigenvalue weighted by Gasteiger charge is -2.50. The van der Waals surface area contributed by atoms with Crippen molar-refractivity contribution < 1.29 is 10.2 Å². The summed E-state index contributed by atoms with van der Waals surface area (Å²) in [6.45, 7) is 6.69. The molecule has 1 saturated heterocycles. The molecule has 0 amide bonds. The molecule has 0 bridgehead atoms. The van der Waals surface area contributed by atoms with E-state index in [1.54, 1.807) is 0 Å². The number of hydrogen-bond donors (Lipinski definition) is 2. The molecule has 1 aliphatic heterocycles. The van der Waals surface area contributed by atoms with Crippen molar-refractivity contribution in [2.45, 2.75) is 38.4 Å². The van der Waals surface area contributed by atoms with Gasteiger partial charge in [0.25, 0.3) is 0 Å². The van der Waals surface area contributed by atoms with Gasteiger partial charge in [-0.1, -0.05) is 13.8 Å². The van der Waals surface area contributed by atoms with Gasteiger partial charge in [-0.25, -0.2) is 0 Å². The minimum absolute atomic E-state index is 0.153. The van der Waals surface area contributed by atoms with Crippen LogP contribution < -0.4 is 0 Å². The molecular formula is C11H21NO2. The van der Waals surface area contributed by atoms with E-state index in [0.717, 1.165) is 32.5 Å². The van der Waals surface area contributed by atoms with E-state index < -0.39 is 5.60 Å². The van der Waals surface area contributed by atoms with Gasteiger partial charge in [-0.3, -0.25) is 4.90 Å². The zero-order valence-corrected chi connectivity index (χ0v) is 9.11. The van der Waals surface area contributed by atoms with Crippen molar-refractivity contribution in [3.05, 3.63) is 0 Å². The van der Waals surface area contributed by atoms with Crippen molar-refractivity contribution in [2.75, 3.05) is 19.6 Å². The fourth-order valence-corrected chi connectivity index (χ4v) is 2.60. The Morgan fingerprint density at radius 2 is 1.93 bits per heavy atom. The summed E-state index contributed by atoms with van der Waals surface area (Å²) in [7, 11) is 0. The maximum Gasteiger partial charge on any atom is 0.0793 e. The fraction of sp³-hybridized carbons (Fsp3) is 1.00. The molecule has 1 heterocycles. The average molecular weight is 199 g/mol. The lowest BCUT2D eigenvalue weighted by Crippen LogP contribution is -2.60. The largest absolute Gasteiger partial charge is 0.390 e. The van der Waals surface area contributed by atoms with Crippen molar-refractivity contribution in [1.82, 2.24) is 4.90 Å². The lowest BCUT2D eigenvalue weighted by molar-refractivity contribution is -0.128. The molecule has 0 aromatic heterocycles. The third kappa shape index (κ3) is 1.95. The summed E-state index contributed by atoms with van der Waals surface area (Å²) in [5.41, 5.74) is -0.449.